The Bertz CT molecular complexity index is 1170. The van der Waals surface area contributed by atoms with E-state index in [1.807, 2.05) is 26.0 Å². The van der Waals surface area contributed by atoms with Crippen molar-refractivity contribution in [3.05, 3.63) is 59.8 Å². The first-order chi connectivity index (χ1) is 13.6. The van der Waals surface area contributed by atoms with Gasteiger partial charge < -0.3 is 9.88 Å². The Morgan fingerprint density at radius 2 is 1.93 bits per heavy atom. The van der Waals surface area contributed by atoms with Crippen molar-refractivity contribution in [1.29, 1.82) is 0 Å². The molecule has 6 heteroatoms. The van der Waals surface area contributed by atoms with Crippen LogP contribution in [0.4, 0.5) is 11.5 Å². The molecule has 1 aliphatic carbocycles. The third-order valence-electron chi connectivity index (χ3n) is 5.43. The summed E-state index contributed by atoms with van der Waals surface area (Å²) in [5.74, 6) is 3.31. The Labute approximate surface area is 163 Å². The third kappa shape index (κ3) is 2.91. The molecule has 0 aliphatic heterocycles. The van der Waals surface area contributed by atoms with Gasteiger partial charge in [-0.2, -0.15) is 0 Å². The quantitative estimate of drug-likeness (QED) is 0.566. The number of hydrogen-bond donors (Lipinski definition) is 1. The molecule has 0 spiro atoms. The Kier molecular flexibility index (Phi) is 3.86. The molecule has 0 radical (unpaired) electrons. The number of aryl methyl sites for hydroxylation is 2. The molecule has 6 nitrogen and oxygen atoms in total. The van der Waals surface area contributed by atoms with Gasteiger partial charge in [0, 0.05) is 47.9 Å². The van der Waals surface area contributed by atoms with E-state index in [0.29, 0.717) is 11.7 Å². The maximum Gasteiger partial charge on any atom is 0.163 e. The highest BCUT2D eigenvalue weighted by Gasteiger charge is 2.28. The number of rotatable bonds is 4. The van der Waals surface area contributed by atoms with Gasteiger partial charge in [0.15, 0.2) is 5.82 Å². The van der Waals surface area contributed by atoms with E-state index in [1.54, 1.807) is 12.4 Å². The minimum Gasteiger partial charge on any atom is -0.340 e. The summed E-state index contributed by atoms with van der Waals surface area (Å²) in [6.07, 6.45) is 6.03. The zero-order valence-electron chi connectivity index (χ0n) is 16.3. The van der Waals surface area contributed by atoms with E-state index >= 15 is 0 Å². The first-order valence-electron chi connectivity index (χ1n) is 9.59. The van der Waals surface area contributed by atoms with Crippen molar-refractivity contribution >= 4 is 22.5 Å². The number of benzene rings is 1. The number of nitrogens with zero attached hydrogens (tertiary/aromatic N) is 5. The summed E-state index contributed by atoms with van der Waals surface area (Å²) >= 11 is 0. The lowest BCUT2D eigenvalue weighted by atomic mass is 10.2. The largest absolute Gasteiger partial charge is 0.340 e. The van der Waals surface area contributed by atoms with Crippen LogP contribution in [0, 0.1) is 13.8 Å². The predicted octanol–water partition coefficient (Wildman–Crippen LogP) is 4.66. The molecular formula is C22H22N6. The van der Waals surface area contributed by atoms with Crippen LogP contribution in [0.3, 0.4) is 0 Å². The average molecular weight is 370 g/mol. The Balaban J connectivity index is 1.52. The fourth-order valence-corrected chi connectivity index (χ4v) is 3.51. The summed E-state index contributed by atoms with van der Waals surface area (Å²) in [4.78, 5) is 18.4. The highest BCUT2D eigenvalue weighted by molar-refractivity contribution is 5.81. The Hall–Kier alpha value is -3.28. The number of nitrogens with one attached hydrogen (secondary N) is 1. The number of aromatic nitrogens is 5. The van der Waals surface area contributed by atoms with Gasteiger partial charge in [-0.1, -0.05) is 0 Å². The number of imidazole rings is 1. The fraction of sp³-hybridized carbons (Fsp3) is 0.273. The van der Waals surface area contributed by atoms with Gasteiger partial charge in [-0.3, -0.25) is 4.98 Å². The molecule has 1 saturated carbocycles. The predicted molar refractivity (Wildman–Crippen MR) is 111 cm³/mol. The second-order valence-electron chi connectivity index (χ2n) is 7.48. The van der Waals surface area contributed by atoms with Crippen molar-refractivity contribution in [2.45, 2.75) is 32.6 Å². The molecule has 28 heavy (non-hydrogen) atoms. The van der Waals surface area contributed by atoms with Gasteiger partial charge in [0.2, 0.25) is 0 Å². The van der Waals surface area contributed by atoms with Crippen LogP contribution in [-0.4, -0.2) is 24.5 Å². The topological polar surface area (TPSA) is 68.5 Å². The van der Waals surface area contributed by atoms with E-state index in [4.69, 9.17) is 9.97 Å². The molecule has 0 atom stereocenters. The number of anilines is 2. The maximum absolute atomic E-state index is 4.86. The van der Waals surface area contributed by atoms with Crippen molar-refractivity contribution in [2.75, 3.05) is 5.32 Å². The van der Waals surface area contributed by atoms with Crippen molar-refractivity contribution in [1.82, 2.24) is 24.5 Å². The zero-order chi connectivity index (χ0) is 19.3. The lowest BCUT2D eigenvalue weighted by Crippen LogP contribution is -2.03. The average Bonchev–Trinajstić information content (AvgIpc) is 3.50. The zero-order valence-corrected chi connectivity index (χ0v) is 16.3. The molecule has 3 heterocycles. The second kappa shape index (κ2) is 6.41. The lowest BCUT2D eigenvalue weighted by Gasteiger charge is -2.12. The summed E-state index contributed by atoms with van der Waals surface area (Å²) in [5, 5.41) is 3.47. The van der Waals surface area contributed by atoms with Crippen LogP contribution in [0.2, 0.25) is 0 Å². The van der Waals surface area contributed by atoms with Crippen molar-refractivity contribution in [2.24, 2.45) is 7.05 Å². The monoisotopic (exact) mass is 370 g/mol. The minimum absolute atomic E-state index is 0.627. The molecule has 0 bridgehead atoms. The summed E-state index contributed by atoms with van der Waals surface area (Å²) < 4.78 is 2.22. The van der Waals surface area contributed by atoms with Crippen LogP contribution < -0.4 is 5.32 Å². The van der Waals surface area contributed by atoms with Crippen LogP contribution in [0.1, 0.15) is 35.8 Å². The lowest BCUT2D eigenvalue weighted by molar-refractivity contribution is 0.820. The van der Waals surface area contributed by atoms with Gasteiger partial charge in [-0.25, -0.2) is 15.0 Å². The molecule has 0 unspecified atom stereocenters. The Morgan fingerprint density at radius 3 is 2.68 bits per heavy atom. The first-order valence-corrected chi connectivity index (χ1v) is 9.59. The van der Waals surface area contributed by atoms with Crippen LogP contribution in [0.5, 0.6) is 0 Å². The van der Waals surface area contributed by atoms with Gasteiger partial charge in [0.05, 0.1) is 11.0 Å². The van der Waals surface area contributed by atoms with Crippen LogP contribution in [0.25, 0.3) is 22.4 Å². The normalized spacial score (nSPS) is 13.8. The Morgan fingerprint density at radius 1 is 1.07 bits per heavy atom. The van der Waals surface area contributed by atoms with E-state index in [2.05, 4.69) is 45.1 Å². The van der Waals surface area contributed by atoms with Crippen molar-refractivity contribution < 1.29 is 0 Å². The molecule has 3 aromatic heterocycles. The molecule has 140 valence electrons. The van der Waals surface area contributed by atoms with Gasteiger partial charge >= 0.3 is 0 Å². The molecule has 4 aromatic rings. The van der Waals surface area contributed by atoms with Gasteiger partial charge in [0.1, 0.15) is 11.6 Å². The number of pyridine rings is 1. The highest BCUT2D eigenvalue weighted by atomic mass is 15.1. The summed E-state index contributed by atoms with van der Waals surface area (Å²) in [7, 11) is 2.11. The van der Waals surface area contributed by atoms with Crippen molar-refractivity contribution in [3.63, 3.8) is 0 Å². The molecule has 1 aromatic carbocycles. The van der Waals surface area contributed by atoms with E-state index in [-0.39, 0.29) is 0 Å². The SMILES string of the molecule is Cc1nc(-c2cccnc2)nc(Nc2ccc3c(c2)nc(C2CC2)n3C)c1C. The standard InChI is InChI=1S/C22H22N6/c1-13-14(2)24-21(16-5-4-10-23-12-16)27-20(13)25-17-8-9-19-18(11-17)26-22(28(19)3)15-6-7-15/h4-5,8-12,15H,6-7H2,1-3H3,(H,24,25,27). The number of fused-ring (bicyclic) bond motifs is 1. The summed E-state index contributed by atoms with van der Waals surface area (Å²) in [6.45, 7) is 4.04. The second-order valence-corrected chi connectivity index (χ2v) is 7.48. The fourth-order valence-electron chi connectivity index (χ4n) is 3.51. The highest BCUT2D eigenvalue weighted by Crippen LogP contribution is 2.40. The van der Waals surface area contributed by atoms with Gasteiger partial charge in [-0.15, -0.1) is 0 Å². The van der Waals surface area contributed by atoms with Gasteiger partial charge in [-0.05, 0) is 57.0 Å². The smallest absolute Gasteiger partial charge is 0.163 e. The summed E-state index contributed by atoms with van der Waals surface area (Å²) in [6, 6.07) is 10.2. The van der Waals surface area contributed by atoms with Crippen LogP contribution in [-0.2, 0) is 7.05 Å². The molecule has 1 aliphatic rings. The molecule has 0 amide bonds. The van der Waals surface area contributed by atoms with E-state index in [0.717, 1.165) is 33.8 Å². The van der Waals surface area contributed by atoms with E-state index < -0.39 is 0 Å². The van der Waals surface area contributed by atoms with Gasteiger partial charge in [0.25, 0.3) is 0 Å². The minimum atomic E-state index is 0.627. The molecule has 0 saturated heterocycles. The molecule has 1 N–H and O–H groups in total. The van der Waals surface area contributed by atoms with E-state index in [9.17, 15) is 0 Å². The van der Waals surface area contributed by atoms with Crippen molar-refractivity contribution in [3.8, 4) is 11.4 Å². The van der Waals surface area contributed by atoms with Crippen LogP contribution in [0.15, 0.2) is 42.7 Å². The molecular weight excluding hydrogens is 348 g/mol. The third-order valence-corrected chi connectivity index (χ3v) is 5.43. The van der Waals surface area contributed by atoms with Crippen LogP contribution >= 0.6 is 0 Å². The molecule has 1 fully saturated rings. The van der Waals surface area contributed by atoms with E-state index in [1.165, 1.54) is 24.2 Å². The number of hydrogen-bond acceptors (Lipinski definition) is 5. The maximum atomic E-state index is 4.86. The molecule has 5 rings (SSSR count). The first kappa shape index (κ1) is 16.9. The summed E-state index contributed by atoms with van der Waals surface area (Å²) in [5.41, 5.74) is 6.05.